The molecule has 0 aliphatic carbocycles. The summed E-state index contributed by atoms with van der Waals surface area (Å²) in [6.07, 6.45) is 4.14. The molecule has 0 saturated heterocycles. The van der Waals surface area contributed by atoms with Crippen molar-refractivity contribution < 1.29 is 9.90 Å². The molecule has 2 N–H and O–H groups in total. The number of amides is 1. The molecule has 1 unspecified atom stereocenters. The van der Waals surface area contributed by atoms with Gasteiger partial charge in [-0.2, -0.15) is 5.10 Å². The average molecular weight is 274 g/mol. The molecule has 106 valence electrons. The summed E-state index contributed by atoms with van der Waals surface area (Å²) in [7, 11) is 0. The summed E-state index contributed by atoms with van der Waals surface area (Å²) in [5.41, 5.74) is 1.39. The van der Waals surface area contributed by atoms with Crippen molar-refractivity contribution in [3.63, 3.8) is 0 Å². The summed E-state index contributed by atoms with van der Waals surface area (Å²) in [6.45, 7) is 2.27. The summed E-state index contributed by atoms with van der Waals surface area (Å²) in [6, 6.07) is 7.04. The quantitative estimate of drug-likeness (QED) is 0.828. The molecular weight excluding hydrogens is 256 g/mol. The van der Waals surface area contributed by atoms with Crippen molar-refractivity contribution in [3.05, 3.63) is 42.5 Å². The van der Waals surface area contributed by atoms with Crippen LogP contribution < -0.4 is 5.32 Å². The van der Waals surface area contributed by atoms with Gasteiger partial charge in [-0.25, -0.2) is 9.67 Å². The van der Waals surface area contributed by atoms with E-state index in [2.05, 4.69) is 15.4 Å². The van der Waals surface area contributed by atoms with Crippen molar-refractivity contribution in [2.24, 2.45) is 0 Å². The van der Waals surface area contributed by atoms with Gasteiger partial charge in [-0.05, 0) is 30.7 Å². The van der Waals surface area contributed by atoms with Crippen LogP contribution in [0.2, 0.25) is 0 Å². The van der Waals surface area contributed by atoms with Crippen LogP contribution in [0.4, 0.5) is 0 Å². The molecule has 6 heteroatoms. The topological polar surface area (TPSA) is 80.0 Å². The molecule has 1 amide bonds. The lowest BCUT2D eigenvalue weighted by molar-refractivity contribution is 0.0910. The van der Waals surface area contributed by atoms with Crippen molar-refractivity contribution in [3.8, 4) is 5.69 Å². The van der Waals surface area contributed by atoms with E-state index < -0.39 is 6.10 Å². The maximum Gasteiger partial charge on any atom is 0.251 e. The lowest BCUT2D eigenvalue weighted by atomic mass is 10.1. The zero-order valence-corrected chi connectivity index (χ0v) is 11.4. The smallest absolute Gasteiger partial charge is 0.251 e. The number of hydrogen-bond donors (Lipinski definition) is 2. The van der Waals surface area contributed by atoms with Crippen LogP contribution >= 0.6 is 0 Å². The van der Waals surface area contributed by atoms with Crippen LogP contribution in [0.5, 0.6) is 0 Å². The summed E-state index contributed by atoms with van der Waals surface area (Å²) in [5, 5.41) is 16.3. The van der Waals surface area contributed by atoms with E-state index in [1.807, 2.05) is 6.92 Å². The van der Waals surface area contributed by atoms with Gasteiger partial charge in [0.2, 0.25) is 0 Å². The monoisotopic (exact) mass is 274 g/mol. The van der Waals surface area contributed by atoms with E-state index in [0.717, 1.165) is 12.1 Å². The van der Waals surface area contributed by atoms with Gasteiger partial charge in [0, 0.05) is 12.1 Å². The second kappa shape index (κ2) is 6.81. The zero-order valence-electron chi connectivity index (χ0n) is 11.4. The van der Waals surface area contributed by atoms with Gasteiger partial charge in [0.1, 0.15) is 12.7 Å². The average Bonchev–Trinajstić information content (AvgIpc) is 2.99. The molecule has 2 aromatic rings. The molecule has 1 heterocycles. The number of benzene rings is 1. The number of aromatic nitrogens is 3. The van der Waals surface area contributed by atoms with Crippen molar-refractivity contribution in [1.29, 1.82) is 0 Å². The number of aliphatic hydroxyl groups excluding tert-OH is 1. The SMILES string of the molecule is CCCC(O)CNC(=O)c1ccc(-n2cncn2)cc1. The van der Waals surface area contributed by atoms with Gasteiger partial charge in [0.15, 0.2) is 0 Å². The molecule has 20 heavy (non-hydrogen) atoms. The highest BCUT2D eigenvalue weighted by atomic mass is 16.3. The fraction of sp³-hybridized carbons (Fsp3) is 0.357. The first-order valence-electron chi connectivity index (χ1n) is 6.62. The number of rotatable bonds is 6. The Bertz CT molecular complexity index is 537. The number of nitrogens with zero attached hydrogens (tertiary/aromatic N) is 3. The standard InChI is InChI=1S/C14H18N4O2/c1-2-3-13(19)8-16-14(20)11-4-6-12(7-5-11)18-10-15-9-17-18/h4-7,9-10,13,19H,2-3,8H2,1H3,(H,16,20). The first-order chi connectivity index (χ1) is 9.70. The first kappa shape index (κ1) is 14.2. The second-order valence-corrected chi connectivity index (χ2v) is 4.54. The highest BCUT2D eigenvalue weighted by Crippen LogP contribution is 2.08. The minimum absolute atomic E-state index is 0.190. The highest BCUT2D eigenvalue weighted by molar-refractivity contribution is 5.94. The van der Waals surface area contributed by atoms with Crippen LogP contribution in [0, 0.1) is 0 Å². The maximum atomic E-state index is 11.9. The molecule has 2 rings (SSSR count). The minimum Gasteiger partial charge on any atom is -0.391 e. The van der Waals surface area contributed by atoms with Crippen LogP contribution in [0.3, 0.4) is 0 Å². The molecule has 0 spiro atoms. The molecule has 1 aromatic heterocycles. The van der Waals surface area contributed by atoms with E-state index >= 15 is 0 Å². The third kappa shape index (κ3) is 3.64. The minimum atomic E-state index is -0.488. The van der Waals surface area contributed by atoms with E-state index in [1.54, 1.807) is 35.3 Å². The summed E-state index contributed by atoms with van der Waals surface area (Å²) >= 11 is 0. The number of aliphatic hydroxyl groups is 1. The van der Waals surface area contributed by atoms with Crippen LogP contribution in [0.25, 0.3) is 5.69 Å². The van der Waals surface area contributed by atoms with Crippen LogP contribution in [-0.2, 0) is 0 Å². The lowest BCUT2D eigenvalue weighted by Crippen LogP contribution is -2.31. The molecule has 1 aromatic carbocycles. The summed E-state index contributed by atoms with van der Waals surface area (Å²) < 4.78 is 1.62. The van der Waals surface area contributed by atoms with E-state index in [-0.39, 0.29) is 12.5 Å². The third-order valence-electron chi connectivity index (χ3n) is 2.93. The maximum absolute atomic E-state index is 11.9. The second-order valence-electron chi connectivity index (χ2n) is 4.54. The van der Waals surface area contributed by atoms with Gasteiger partial charge >= 0.3 is 0 Å². The fourth-order valence-corrected chi connectivity index (χ4v) is 1.85. The Kier molecular flexibility index (Phi) is 4.84. The number of hydrogen-bond acceptors (Lipinski definition) is 4. The molecule has 0 aliphatic heterocycles. The molecule has 0 fully saturated rings. The Hall–Kier alpha value is -2.21. The van der Waals surface area contributed by atoms with Crippen LogP contribution in [-0.4, -0.2) is 38.4 Å². The van der Waals surface area contributed by atoms with Crippen LogP contribution in [0.15, 0.2) is 36.9 Å². The van der Waals surface area contributed by atoms with E-state index in [9.17, 15) is 9.90 Å². The molecular formula is C14H18N4O2. The Labute approximate surface area is 117 Å². The van der Waals surface area contributed by atoms with Gasteiger partial charge in [0.05, 0.1) is 11.8 Å². The van der Waals surface area contributed by atoms with Gasteiger partial charge < -0.3 is 10.4 Å². The Balaban J connectivity index is 1.94. The van der Waals surface area contributed by atoms with Crippen molar-refractivity contribution >= 4 is 5.91 Å². The van der Waals surface area contributed by atoms with Crippen molar-refractivity contribution in [2.75, 3.05) is 6.54 Å². The third-order valence-corrected chi connectivity index (χ3v) is 2.93. The van der Waals surface area contributed by atoms with Crippen molar-refractivity contribution in [2.45, 2.75) is 25.9 Å². The predicted molar refractivity (Wildman–Crippen MR) is 74.6 cm³/mol. The molecule has 0 saturated carbocycles. The summed E-state index contributed by atoms with van der Waals surface area (Å²) in [4.78, 5) is 15.8. The summed E-state index contributed by atoms with van der Waals surface area (Å²) in [5.74, 6) is -0.190. The molecule has 1 atom stereocenters. The van der Waals surface area contributed by atoms with Crippen molar-refractivity contribution in [1.82, 2.24) is 20.1 Å². The number of nitrogens with one attached hydrogen (secondary N) is 1. The normalized spacial score (nSPS) is 12.1. The fourth-order valence-electron chi connectivity index (χ4n) is 1.85. The Morgan fingerprint density at radius 1 is 1.40 bits per heavy atom. The zero-order chi connectivity index (χ0) is 14.4. The van der Waals surface area contributed by atoms with Gasteiger partial charge in [-0.3, -0.25) is 4.79 Å². The molecule has 0 aliphatic rings. The van der Waals surface area contributed by atoms with Crippen LogP contribution in [0.1, 0.15) is 30.1 Å². The van der Waals surface area contributed by atoms with E-state index in [1.165, 1.54) is 6.33 Å². The predicted octanol–water partition coefficient (Wildman–Crippen LogP) is 1.16. The molecule has 6 nitrogen and oxygen atoms in total. The Morgan fingerprint density at radius 2 is 2.15 bits per heavy atom. The Morgan fingerprint density at radius 3 is 2.75 bits per heavy atom. The van der Waals surface area contributed by atoms with Gasteiger partial charge in [0.25, 0.3) is 5.91 Å². The largest absolute Gasteiger partial charge is 0.391 e. The molecule has 0 radical (unpaired) electrons. The van der Waals surface area contributed by atoms with E-state index in [4.69, 9.17) is 0 Å². The first-order valence-corrected chi connectivity index (χ1v) is 6.62. The number of carbonyl (C=O) groups is 1. The molecule has 0 bridgehead atoms. The lowest BCUT2D eigenvalue weighted by Gasteiger charge is -2.10. The van der Waals surface area contributed by atoms with Gasteiger partial charge in [-0.15, -0.1) is 0 Å². The number of carbonyl (C=O) groups excluding carboxylic acids is 1. The van der Waals surface area contributed by atoms with E-state index in [0.29, 0.717) is 12.0 Å². The van der Waals surface area contributed by atoms with Gasteiger partial charge in [-0.1, -0.05) is 13.3 Å². The highest BCUT2D eigenvalue weighted by Gasteiger charge is 2.08.